The summed E-state index contributed by atoms with van der Waals surface area (Å²) in [6.07, 6.45) is 1.99. The number of carbonyl (C=O) groups excluding carboxylic acids is 1. The molecule has 1 heterocycles. The van der Waals surface area contributed by atoms with Crippen LogP contribution in [0.5, 0.6) is 5.75 Å². The molecule has 0 N–H and O–H groups in total. The van der Waals surface area contributed by atoms with Crippen LogP contribution in [-0.2, 0) is 0 Å². The van der Waals surface area contributed by atoms with E-state index in [4.69, 9.17) is 4.74 Å². The molecule has 0 saturated heterocycles. The first-order chi connectivity index (χ1) is 8.31. The molecule has 1 aromatic heterocycles. The molecule has 0 fully saturated rings. The lowest BCUT2D eigenvalue weighted by molar-refractivity contribution is 0.0923. The minimum Gasteiger partial charge on any atom is -0.484 e. The van der Waals surface area contributed by atoms with Gasteiger partial charge in [-0.05, 0) is 29.8 Å². The van der Waals surface area contributed by atoms with Crippen molar-refractivity contribution in [1.29, 1.82) is 0 Å². The third-order valence-electron chi connectivity index (χ3n) is 2.22. The maximum Gasteiger partial charge on any atom is 0.210 e. The van der Waals surface area contributed by atoms with Gasteiger partial charge in [0.15, 0.2) is 6.61 Å². The predicted octanol–water partition coefficient (Wildman–Crippen LogP) is 3.73. The number of Topliss-reactive ketones (excluding diaryl/α,β-unsaturated/α-hetero) is 1. The van der Waals surface area contributed by atoms with Gasteiger partial charge in [-0.25, -0.2) is 0 Å². The van der Waals surface area contributed by atoms with E-state index < -0.39 is 0 Å². The van der Waals surface area contributed by atoms with Gasteiger partial charge < -0.3 is 4.74 Å². The second-order valence-corrected chi connectivity index (χ2v) is 5.14. The van der Waals surface area contributed by atoms with Gasteiger partial charge in [0.2, 0.25) is 5.78 Å². The number of ketones is 1. The van der Waals surface area contributed by atoms with E-state index in [1.165, 1.54) is 11.3 Å². The minimum atomic E-state index is 0.0240. The largest absolute Gasteiger partial charge is 0.484 e. The molecule has 0 aliphatic rings. The van der Waals surface area contributed by atoms with Crippen LogP contribution in [0.3, 0.4) is 0 Å². The summed E-state index contributed by atoms with van der Waals surface area (Å²) in [6, 6.07) is 11.4. The van der Waals surface area contributed by atoms with Crippen LogP contribution in [0.25, 0.3) is 0 Å². The van der Waals surface area contributed by atoms with Gasteiger partial charge in [-0.3, -0.25) is 4.79 Å². The van der Waals surface area contributed by atoms with Gasteiger partial charge in [0, 0.05) is 4.90 Å². The van der Waals surface area contributed by atoms with E-state index >= 15 is 0 Å². The van der Waals surface area contributed by atoms with Crippen molar-refractivity contribution in [2.24, 2.45) is 0 Å². The smallest absolute Gasteiger partial charge is 0.210 e. The van der Waals surface area contributed by atoms with Crippen LogP contribution >= 0.6 is 23.1 Å². The second-order valence-electron chi connectivity index (χ2n) is 3.34. The molecule has 0 unspecified atom stereocenters. The maximum absolute atomic E-state index is 11.8. The van der Waals surface area contributed by atoms with Crippen LogP contribution in [-0.4, -0.2) is 18.6 Å². The number of thioether (sulfide) groups is 1. The Bertz CT molecular complexity index is 492. The molecule has 17 heavy (non-hydrogen) atoms. The standard InChI is InChI=1S/C13H12O2S2/c1-16-13-6-3-2-5-11(13)15-9-10(14)12-7-4-8-17-12/h2-8H,9H2,1H3. The van der Waals surface area contributed by atoms with E-state index in [0.29, 0.717) is 0 Å². The van der Waals surface area contributed by atoms with Gasteiger partial charge in [0.25, 0.3) is 0 Å². The second kappa shape index (κ2) is 5.89. The van der Waals surface area contributed by atoms with E-state index in [0.717, 1.165) is 15.5 Å². The highest BCUT2D eigenvalue weighted by Gasteiger charge is 2.09. The highest BCUT2D eigenvalue weighted by molar-refractivity contribution is 7.98. The Morgan fingerprint density at radius 2 is 2.12 bits per heavy atom. The average Bonchev–Trinajstić information content (AvgIpc) is 2.90. The van der Waals surface area contributed by atoms with Crippen molar-refractivity contribution in [2.45, 2.75) is 4.90 Å². The summed E-state index contributed by atoms with van der Waals surface area (Å²) in [6.45, 7) is 0.0953. The lowest BCUT2D eigenvalue weighted by atomic mass is 10.3. The van der Waals surface area contributed by atoms with Crippen molar-refractivity contribution in [2.75, 3.05) is 12.9 Å². The Morgan fingerprint density at radius 3 is 2.82 bits per heavy atom. The van der Waals surface area contributed by atoms with E-state index in [1.807, 2.05) is 48.0 Å². The molecular weight excluding hydrogens is 252 g/mol. The van der Waals surface area contributed by atoms with E-state index in [-0.39, 0.29) is 12.4 Å². The highest BCUT2D eigenvalue weighted by Crippen LogP contribution is 2.27. The molecule has 2 rings (SSSR count). The number of hydrogen-bond acceptors (Lipinski definition) is 4. The van der Waals surface area contributed by atoms with Crippen molar-refractivity contribution in [1.82, 2.24) is 0 Å². The summed E-state index contributed by atoms with van der Waals surface area (Å²) in [7, 11) is 0. The number of rotatable bonds is 5. The Labute approximate surface area is 109 Å². The number of hydrogen-bond donors (Lipinski definition) is 0. The maximum atomic E-state index is 11.8. The lowest BCUT2D eigenvalue weighted by Gasteiger charge is -2.08. The van der Waals surface area contributed by atoms with Crippen molar-refractivity contribution in [3.63, 3.8) is 0 Å². The third-order valence-corrected chi connectivity index (χ3v) is 3.91. The molecule has 2 nitrogen and oxygen atoms in total. The summed E-state index contributed by atoms with van der Waals surface area (Å²) < 4.78 is 5.55. The first-order valence-electron chi connectivity index (χ1n) is 5.14. The van der Waals surface area contributed by atoms with Crippen LogP contribution in [0.4, 0.5) is 0 Å². The molecule has 0 atom stereocenters. The molecule has 0 amide bonds. The molecule has 0 spiro atoms. The quantitative estimate of drug-likeness (QED) is 0.608. The zero-order valence-electron chi connectivity index (χ0n) is 9.38. The zero-order chi connectivity index (χ0) is 12.1. The van der Waals surface area contributed by atoms with Crippen LogP contribution in [0.15, 0.2) is 46.7 Å². The molecule has 2 aromatic rings. The van der Waals surface area contributed by atoms with Gasteiger partial charge in [0.1, 0.15) is 5.75 Å². The first-order valence-corrected chi connectivity index (χ1v) is 7.24. The molecule has 0 aliphatic heterocycles. The lowest BCUT2D eigenvalue weighted by Crippen LogP contribution is -2.10. The van der Waals surface area contributed by atoms with Crippen molar-refractivity contribution < 1.29 is 9.53 Å². The molecule has 0 radical (unpaired) electrons. The average molecular weight is 264 g/mol. The number of benzene rings is 1. The SMILES string of the molecule is CSc1ccccc1OCC(=O)c1cccs1. The van der Waals surface area contributed by atoms with E-state index in [2.05, 4.69) is 0 Å². The Hall–Kier alpha value is -1.26. The molecule has 0 aliphatic carbocycles. The van der Waals surface area contributed by atoms with Gasteiger partial charge in [-0.15, -0.1) is 23.1 Å². The number of thiophene rings is 1. The van der Waals surface area contributed by atoms with Gasteiger partial charge >= 0.3 is 0 Å². The van der Waals surface area contributed by atoms with Crippen LogP contribution in [0, 0.1) is 0 Å². The van der Waals surface area contributed by atoms with Gasteiger partial charge in [-0.2, -0.15) is 0 Å². The van der Waals surface area contributed by atoms with Crippen molar-refractivity contribution in [3.8, 4) is 5.75 Å². The fraction of sp³-hybridized carbons (Fsp3) is 0.154. The Kier molecular flexibility index (Phi) is 4.23. The minimum absolute atomic E-state index is 0.0240. The first kappa shape index (κ1) is 12.2. The van der Waals surface area contributed by atoms with Gasteiger partial charge in [-0.1, -0.05) is 18.2 Å². The number of carbonyl (C=O) groups is 1. The summed E-state index contributed by atoms with van der Waals surface area (Å²) >= 11 is 3.05. The van der Waals surface area contributed by atoms with Crippen LogP contribution < -0.4 is 4.74 Å². The summed E-state index contributed by atoms with van der Waals surface area (Å²) in [5, 5.41) is 1.89. The van der Waals surface area contributed by atoms with Crippen LogP contribution in [0.2, 0.25) is 0 Å². The zero-order valence-corrected chi connectivity index (χ0v) is 11.0. The molecule has 88 valence electrons. The normalized spacial score (nSPS) is 10.2. The van der Waals surface area contributed by atoms with Crippen LogP contribution in [0.1, 0.15) is 9.67 Å². The molecule has 0 saturated carbocycles. The fourth-order valence-electron chi connectivity index (χ4n) is 1.39. The van der Waals surface area contributed by atoms with E-state index in [9.17, 15) is 4.79 Å². The fourth-order valence-corrected chi connectivity index (χ4v) is 2.58. The topological polar surface area (TPSA) is 26.3 Å². The summed E-state index contributed by atoms with van der Waals surface area (Å²) in [5.41, 5.74) is 0. The third kappa shape index (κ3) is 3.11. The molecular formula is C13H12O2S2. The Balaban J connectivity index is 2.00. The monoisotopic (exact) mass is 264 g/mol. The molecule has 0 bridgehead atoms. The summed E-state index contributed by atoms with van der Waals surface area (Å²) in [5.74, 6) is 0.792. The van der Waals surface area contributed by atoms with Crippen molar-refractivity contribution in [3.05, 3.63) is 46.7 Å². The highest BCUT2D eigenvalue weighted by atomic mass is 32.2. The number of para-hydroxylation sites is 1. The van der Waals surface area contributed by atoms with Crippen molar-refractivity contribution >= 4 is 28.9 Å². The van der Waals surface area contributed by atoms with E-state index in [1.54, 1.807) is 11.8 Å². The number of ether oxygens (including phenoxy) is 1. The molecule has 4 heteroatoms. The summed E-state index contributed by atoms with van der Waals surface area (Å²) in [4.78, 5) is 13.5. The predicted molar refractivity (Wildman–Crippen MR) is 72.4 cm³/mol. The van der Waals surface area contributed by atoms with Gasteiger partial charge in [0.05, 0.1) is 4.88 Å². The molecule has 1 aromatic carbocycles. The Morgan fingerprint density at radius 1 is 1.29 bits per heavy atom.